The van der Waals surface area contributed by atoms with E-state index in [4.69, 9.17) is 16.7 Å². The Morgan fingerprint density at radius 1 is 1.13 bits per heavy atom. The van der Waals surface area contributed by atoms with Gasteiger partial charge in [0.25, 0.3) is 0 Å². The molecule has 0 aliphatic carbocycles. The van der Waals surface area contributed by atoms with Crippen molar-refractivity contribution < 1.29 is 27.5 Å². The van der Waals surface area contributed by atoms with Crippen molar-refractivity contribution in [3.05, 3.63) is 81.9 Å². The molecule has 0 spiro atoms. The Balaban J connectivity index is 1.77. The standard InChI is InChI=1S/C21H17ClF4N2O2/c22-15-2-1-3-16(10-15)28-17(11-20(27-28)21(24,25)26)6-7-18(30)8-13-4-5-14(12-29)19(23)9-13/h1-5,9-11,29H,6-8,12H2. The molecule has 0 amide bonds. The van der Waals surface area contributed by atoms with Crippen LogP contribution < -0.4 is 0 Å². The molecule has 2 aromatic carbocycles. The summed E-state index contributed by atoms with van der Waals surface area (Å²) in [7, 11) is 0. The highest BCUT2D eigenvalue weighted by Gasteiger charge is 2.35. The predicted molar refractivity (Wildman–Crippen MR) is 103 cm³/mol. The van der Waals surface area contributed by atoms with Crippen LogP contribution in [0.15, 0.2) is 48.5 Å². The number of hydrogen-bond acceptors (Lipinski definition) is 3. The number of benzene rings is 2. The van der Waals surface area contributed by atoms with Crippen LogP contribution in [0, 0.1) is 5.82 Å². The Bertz CT molecular complexity index is 1060. The summed E-state index contributed by atoms with van der Waals surface area (Å²) >= 11 is 5.93. The van der Waals surface area contributed by atoms with Crippen molar-refractivity contribution in [1.29, 1.82) is 0 Å². The minimum Gasteiger partial charge on any atom is -0.392 e. The highest BCUT2D eigenvalue weighted by Crippen LogP contribution is 2.30. The quantitative estimate of drug-likeness (QED) is 0.530. The number of carbonyl (C=O) groups is 1. The third kappa shape index (κ3) is 5.25. The monoisotopic (exact) mass is 440 g/mol. The summed E-state index contributed by atoms with van der Waals surface area (Å²) in [5, 5.41) is 13.0. The molecule has 30 heavy (non-hydrogen) atoms. The summed E-state index contributed by atoms with van der Waals surface area (Å²) < 4.78 is 54.3. The van der Waals surface area contributed by atoms with E-state index in [1.165, 1.54) is 24.3 Å². The smallest absolute Gasteiger partial charge is 0.392 e. The molecule has 0 fully saturated rings. The van der Waals surface area contributed by atoms with E-state index in [9.17, 15) is 22.4 Å². The number of Topliss-reactive ketones (excluding diaryl/α,β-unsaturated/α-hetero) is 1. The third-order valence-corrected chi connectivity index (χ3v) is 4.71. The lowest BCUT2D eigenvalue weighted by Gasteiger charge is -2.08. The molecule has 3 aromatic rings. The minimum absolute atomic E-state index is 0.0195. The van der Waals surface area contributed by atoms with Crippen LogP contribution in [0.5, 0.6) is 0 Å². The van der Waals surface area contributed by atoms with Gasteiger partial charge < -0.3 is 5.11 Å². The van der Waals surface area contributed by atoms with E-state index in [2.05, 4.69) is 5.10 Å². The lowest BCUT2D eigenvalue weighted by atomic mass is 10.0. The van der Waals surface area contributed by atoms with Crippen molar-refractivity contribution in [1.82, 2.24) is 9.78 Å². The summed E-state index contributed by atoms with van der Waals surface area (Å²) in [5.41, 5.74) is 0.0405. The van der Waals surface area contributed by atoms with Crippen molar-refractivity contribution in [2.24, 2.45) is 0 Å². The molecule has 1 aromatic heterocycles. The summed E-state index contributed by atoms with van der Waals surface area (Å²) in [4.78, 5) is 12.3. The molecule has 0 unspecified atom stereocenters. The fourth-order valence-electron chi connectivity index (χ4n) is 2.98. The van der Waals surface area contributed by atoms with Gasteiger partial charge >= 0.3 is 6.18 Å². The van der Waals surface area contributed by atoms with Gasteiger partial charge in [-0.25, -0.2) is 9.07 Å². The van der Waals surface area contributed by atoms with E-state index in [1.54, 1.807) is 18.2 Å². The number of halogens is 5. The van der Waals surface area contributed by atoms with Crippen molar-refractivity contribution >= 4 is 17.4 Å². The summed E-state index contributed by atoms with van der Waals surface area (Å²) in [5.74, 6) is -0.879. The highest BCUT2D eigenvalue weighted by molar-refractivity contribution is 6.30. The van der Waals surface area contributed by atoms with Gasteiger partial charge in [-0.3, -0.25) is 4.79 Å². The predicted octanol–water partition coefficient (Wildman–Crippen LogP) is 4.92. The number of aliphatic hydroxyl groups is 1. The van der Waals surface area contributed by atoms with Crippen molar-refractivity contribution in [3.8, 4) is 5.69 Å². The maximum absolute atomic E-state index is 13.7. The molecule has 1 heterocycles. The lowest BCUT2D eigenvalue weighted by molar-refractivity contribution is -0.141. The zero-order chi connectivity index (χ0) is 21.9. The number of hydrogen-bond donors (Lipinski definition) is 1. The van der Waals surface area contributed by atoms with Gasteiger partial charge in [-0.2, -0.15) is 18.3 Å². The first-order valence-electron chi connectivity index (χ1n) is 8.99. The van der Waals surface area contributed by atoms with E-state index < -0.39 is 24.3 Å². The molecule has 4 nitrogen and oxygen atoms in total. The highest BCUT2D eigenvalue weighted by atomic mass is 35.5. The zero-order valence-corrected chi connectivity index (χ0v) is 16.3. The lowest BCUT2D eigenvalue weighted by Crippen LogP contribution is -2.09. The van der Waals surface area contributed by atoms with Crippen LogP contribution in [0.3, 0.4) is 0 Å². The Kier molecular flexibility index (Phi) is 6.58. The van der Waals surface area contributed by atoms with Crippen LogP contribution in [0.25, 0.3) is 5.69 Å². The van der Waals surface area contributed by atoms with E-state index in [0.29, 0.717) is 16.3 Å². The maximum atomic E-state index is 13.7. The maximum Gasteiger partial charge on any atom is 0.435 e. The van der Waals surface area contributed by atoms with Crippen LogP contribution in [-0.4, -0.2) is 20.7 Å². The largest absolute Gasteiger partial charge is 0.435 e. The molecule has 0 aliphatic heterocycles. The molecule has 158 valence electrons. The molecule has 0 aliphatic rings. The molecular weight excluding hydrogens is 424 g/mol. The van der Waals surface area contributed by atoms with Crippen molar-refractivity contribution in [3.63, 3.8) is 0 Å². The van der Waals surface area contributed by atoms with Gasteiger partial charge in [-0.1, -0.05) is 29.8 Å². The van der Waals surface area contributed by atoms with E-state index in [-0.39, 0.29) is 36.3 Å². The Morgan fingerprint density at radius 2 is 1.90 bits per heavy atom. The first-order valence-corrected chi connectivity index (χ1v) is 9.37. The average Bonchev–Trinajstić information content (AvgIpc) is 3.11. The Labute approximate surface area is 174 Å². The van der Waals surface area contributed by atoms with Gasteiger partial charge in [0.05, 0.1) is 12.3 Å². The number of nitrogens with zero attached hydrogens (tertiary/aromatic N) is 2. The van der Waals surface area contributed by atoms with Crippen LogP contribution >= 0.6 is 11.6 Å². The second kappa shape index (κ2) is 8.97. The number of alkyl halides is 3. The topological polar surface area (TPSA) is 55.1 Å². The van der Waals surface area contributed by atoms with Gasteiger partial charge in [-0.05, 0) is 42.3 Å². The van der Waals surface area contributed by atoms with Crippen molar-refractivity contribution in [2.75, 3.05) is 0 Å². The molecule has 0 saturated heterocycles. The normalized spacial score (nSPS) is 11.7. The summed E-state index contributed by atoms with van der Waals surface area (Å²) in [6.45, 7) is -0.449. The Morgan fingerprint density at radius 3 is 2.53 bits per heavy atom. The van der Waals surface area contributed by atoms with E-state index in [0.717, 1.165) is 10.7 Å². The van der Waals surface area contributed by atoms with Crippen LogP contribution in [0.4, 0.5) is 17.6 Å². The molecule has 0 radical (unpaired) electrons. The number of carbonyl (C=O) groups excluding carboxylic acids is 1. The summed E-state index contributed by atoms with van der Waals surface area (Å²) in [6, 6.07) is 11.2. The van der Waals surface area contributed by atoms with E-state index in [1.807, 2.05) is 0 Å². The molecule has 1 N–H and O–H groups in total. The number of rotatable bonds is 7. The SMILES string of the molecule is O=C(CCc1cc(C(F)(F)F)nn1-c1cccc(Cl)c1)Cc1ccc(CO)c(F)c1. The summed E-state index contributed by atoms with van der Waals surface area (Å²) in [6.07, 6.45) is -4.73. The van der Waals surface area contributed by atoms with Gasteiger partial charge in [0.15, 0.2) is 5.69 Å². The molecule has 9 heteroatoms. The van der Waals surface area contributed by atoms with Crippen LogP contribution in [0.2, 0.25) is 5.02 Å². The zero-order valence-electron chi connectivity index (χ0n) is 15.6. The molecule has 0 atom stereocenters. The van der Waals surface area contributed by atoms with Crippen LogP contribution in [0.1, 0.15) is 28.9 Å². The minimum atomic E-state index is -4.63. The van der Waals surface area contributed by atoms with Gasteiger partial charge in [0.1, 0.15) is 11.6 Å². The van der Waals surface area contributed by atoms with Crippen molar-refractivity contribution in [2.45, 2.75) is 32.0 Å². The van der Waals surface area contributed by atoms with E-state index >= 15 is 0 Å². The average molecular weight is 441 g/mol. The fourth-order valence-corrected chi connectivity index (χ4v) is 3.16. The fraction of sp³-hybridized carbons (Fsp3) is 0.238. The van der Waals surface area contributed by atoms with Crippen LogP contribution in [-0.2, 0) is 30.4 Å². The van der Waals surface area contributed by atoms with Gasteiger partial charge in [0, 0.05) is 29.1 Å². The number of aryl methyl sites for hydroxylation is 1. The second-order valence-electron chi connectivity index (χ2n) is 6.71. The Hall–Kier alpha value is -2.71. The number of aliphatic hydroxyl groups excluding tert-OH is 1. The molecule has 0 bridgehead atoms. The number of aromatic nitrogens is 2. The molecular formula is C21H17ClF4N2O2. The first kappa shape index (κ1) is 22.0. The molecule has 3 rings (SSSR count). The van der Waals surface area contributed by atoms with Gasteiger partial charge in [-0.15, -0.1) is 0 Å². The molecule has 0 saturated carbocycles. The first-order chi connectivity index (χ1) is 14.2. The third-order valence-electron chi connectivity index (χ3n) is 4.48. The second-order valence-corrected chi connectivity index (χ2v) is 7.15. The number of ketones is 1. The van der Waals surface area contributed by atoms with Gasteiger partial charge in [0.2, 0.25) is 0 Å².